The predicted octanol–water partition coefficient (Wildman–Crippen LogP) is 1.75. The van der Waals surface area contributed by atoms with Gasteiger partial charge in [0.25, 0.3) is 0 Å². The Morgan fingerprint density at radius 1 is 1.14 bits per heavy atom. The van der Waals surface area contributed by atoms with E-state index in [9.17, 15) is 4.79 Å². The van der Waals surface area contributed by atoms with Crippen LogP contribution in [0.15, 0.2) is 0 Å². The molecular weight excluding hydrogens is 223 g/mol. The molecule has 0 aliphatic carbocycles. The highest BCUT2D eigenvalue weighted by molar-refractivity contribution is 8.06. The van der Waals surface area contributed by atoms with Gasteiger partial charge >= 0.3 is 6.72 Å². The van der Waals surface area contributed by atoms with Crippen molar-refractivity contribution < 1.29 is 19.1 Å². The standard InChI is InChI=1S/C8H17O4PS/c9-7-5-3-1-2-4-6-8-12-13(10,11)14/h7H,1-6,8H2,(H2,10,11,14). The lowest BCUT2D eigenvalue weighted by Crippen LogP contribution is -1.92. The zero-order chi connectivity index (χ0) is 10.9. The van der Waals surface area contributed by atoms with E-state index in [0.29, 0.717) is 13.0 Å². The Balaban J connectivity index is 3.07. The zero-order valence-electron chi connectivity index (χ0n) is 8.09. The van der Waals surface area contributed by atoms with Gasteiger partial charge in [-0.3, -0.25) is 0 Å². The van der Waals surface area contributed by atoms with Gasteiger partial charge in [-0.15, -0.1) is 0 Å². The molecule has 2 N–H and O–H groups in total. The largest absolute Gasteiger partial charge is 0.325 e. The lowest BCUT2D eigenvalue weighted by molar-refractivity contribution is -0.107. The molecule has 0 aliphatic rings. The molecule has 0 aliphatic heterocycles. The fourth-order valence-electron chi connectivity index (χ4n) is 1.04. The monoisotopic (exact) mass is 240 g/mol. The number of rotatable bonds is 9. The summed E-state index contributed by atoms with van der Waals surface area (Å²) in [5.74, 6) is 0. The van der Waals surface area contributed by atoms with Crippen LogP contribution in [-0.4, -0.2) is 22.7 Å². The lowest BCUT2D eigenvalue weighted by Gasteiger charge is -2.07. The smallest absolute Gasteiger partial charge is 0.321 e. The molecular formula is C8H17O4PS. The van der Waals surface area contributed by atoms with Crippen molar-refractivity contribution in [1.29, 1.82) is 0 Å². The number of unbranched alkanes of at least 4 members (excludes halogenated alkanes) is 5. The third-order valence-corrected chi connectivity index (χ3v) is 2.56. The van der Waals surface area contributed by atoms with E-state index in [4.69, 9.17) is 9.79 Å². The lowest BCUT2D eigenvalue weighted by atomic mass is 10.1. The fourth-order valence-corrected chi connectivity index (χ4v) is 1.63. The van der Waals surface area contributed by atoms with E-state index in [-0.39, 0.29) is 0 Å². The number of carbonyl (C=O) groups excluding carboxylic acids is 1. The minimum Gasteiger partial charge on any atom is -0.325 e. The highest BCUT2D eigenvalue weighted by atomic mass is 32.5. The van der Waals surface area contributed by atoms with Gasteiger partial charge in [-0.2, -0.15) is 0 Å². The van der Waals surface area contributed by atoms with Crippen molar-refractivity contribution in [1.82, 2.24) is 0 Å². The van der Waals surface area contributed by atoms with Crippen LogP contribution in [0.25, 0.3) is 0 Å². The van der Waals surface area contributed by atoms with E-state index in [1.807, 2.05) is 0 Å². The molecule has 6 heteroatoms. The molecule has 0 radical (unpaired) electrons. The number of aldehydes is 1. The number of hydrogen-bond acceptors (Lipinski definition) is 3. The van der Waals surface area contributed by atoms with Gasteiger partial charge in [-0.1, -0.05) is 19.3 Å². The summed E-state index contributed by atoms with van der Waals surface area (Å²) < 4.78 is 4.64. The third-order valence-electron chi connectivity index (χ3n) is 1.73. The zero-order valence-corrected chi connectivity index (χ0v) is 9.80. The van der Waals surface area contributed by atoms with Gasteiger partial charge in [0.05, 0.1) is 6.61 Å². The molecule has 0 saturated carbocycles. The van der Waals surface area contributed by atoms with Gasteiger partial charge in [0.1, 0.15) is 6.29 Å². The van der Waals surface area contributed by atoms with Gasteiger partial charge in [0.2, 0.25) is 0 Å². The van der Waals surface area contributed by atoms with Gasteiger partial charge in [-0.05, 0) is 24.6 Å². The van der Waals surface area contributed by atoms with Crippen LogP contribution in [0.3, 0.4) is 0 Å². The first-order valence-electron chi connectivity index (χ1n) is 4.70. The molecule has 0 aromatic heterocycles. The summed E-state index contributed by atoms with van der Waals surface area (Å²) in [6.07, 6.45) is 6.31. The normalized spacial score (nSPS) is 11.6. The van der Waals surface area contributed by atoms with Crippen molar-refractivity contribution in [3.05, 3.63) is 0 Å². The van der Waals surface area contributed by atoms with Gasteiger partial charge in [-0.25, -0.2) is 0 Å². The maximum absolute atomic E-state index is 9.97. The number of hydrogen-bond donors (Lipinski definition) is 2. The van der Waals surface area contributed by atoms with Crippen LogP contribution in [0.4, 0.5) is 0 Å². The number of carbonyl (C=O) groups is 1. The van der Waals surface area contributed by atoms with Crippen molar-refractivity contribution in [3.63, 3.8) is 0 Å². The molecule has 0 atom stereocenters. The first-order chi connectivity index (χ1) is 6.56. The fraction of sp³-hybridized carbons (Fsp3) is 0.875. The average molecular weight is 240 g/mol. The highest BCUT2D eigenvalue weighted by Gasteiger charge is 2.05. The first kappa shape index (κ1) is 14.2. The molecule has 0 rings (SSSR count). The summed E-state index contributed by atoms with van der Waals surface area (Å²) in [6, 6.07) is 0. The molecule has 0 aromatic rings. The van der Waals surface area contributed by atoms with E-state index >= 15 is 0 Å². The van der Waals surface area contributed by atoms with Crippen molar-refractivity contribution in [2.24, 2.45) is 0 Å². The van der Waals surface area contributed by atoms with Gasteiger partial charge in [0.15, 0.2) is 0 Å². The van der Waals surface area contributed by atoms with Crippen LogP contribution in [0, 0.1) is 0 Å². The van der Waals surface area contributed by atoms with Gasteiger partial charge in [0, 0.05) is 6.42 Å². The van der Waals surface area contributed by atoms with Crippen LogP contribution in [0.1, 0.15) is 38.5 Å². The van der Waals surface area contributed by atoms with Crippen molar-refractivity contribution in [3.8, 4) is 0 Å². The van der Waals surface area contributed by atoms with Crippen LogP contribution in [0.5, 0.6) is 0 Å². The quantitative estimate of drug-likeness (QED) is 0.365. The second-order valence-corrected chi connectivity index (χ2v) is 5.71. The van der Waals surface area contributed by atoms with E-state index in [2.05, 4.69) is 16.3 Å². The Bertz CT molecular complexity index is 192. The molecule has 0 unspecified atom stereocenters. The summed E-state index contributed by atoms with van der Waals surface area (Å²) >= 11 is 4.28. The second-order valence-electron chi connectivity index (χ2n) is 3.05. The molecule has 14 heavy (non-hydrogen) atoms. The van der Waals surface area contributed by atoms with E-state index in [1.54, 1.807) is 0 Å². The second kappa shape index (κ2) is 8.50. The van der Waals surface area contributed by atoms with E-state index < -0.39 is 6.72 Å². The summed E-state index contributed by atoms with van der Waals surface area (Å²) in [5.41, 5.74) is 0. The Morgan fingerprint density at radius 3 is 2.29 bits per heavy atom. The molecule has 84 valence electrons. The van der Waals surface area contributed by atoms with Crippen molar-refractivity contribution in [2.75, 3.05) is 6.61 Å². The summed E-state index contributed by atoms with van der Waals surface area (Å²) in [6.45, 7) is -3.14. The Kier molecular flexibility index (Phi) is 8.63. The van der Waals surface area contributed by atoms with Crippen LogP contribution >= 0.6 is 6.72 Å². The van der Waals surface area contributed by atoms with E-state index in [0.717, 1.165) is 38.4 Å². The van der Waals surface area contributed by atoms with Crippen molar-refractivity contribution in [2.45, 2.75) is 38.5 Å². The molecule has 0 spiro atoms. The highest BCUT2D eigenvalue weighted by Crippen LogP contribution is 2.36. The van der Waals surface area contributed by atoms with Crippen LogP contribution in [-0.2, 0) is 21.1 Å². The molecule has 0 amide bonds. The Labute approximate surface area is 89.5 Å². The molecule has 0 saturated heterocycles. The Morgan fingerprint density at radius 2 is 1.71 bits per heavy atom. The molecule has 4 nitrogen and oxygen atoms in total. The third kappa shape index (κ3) is 12.2. The molecule has 0 aromatic carbocycles. The minimum atomic E-state index is -3.44. The summed E-state index contributed by atoms with van der Waals surface area (Å²) in [4.78, 5) is 27.4. The predicted molar refractivity (Wildman–Crippen MR) is 58.4 cm³/mol. The summed E-state index contributed by atoms with van der Waals surface area (Å²) in [7, 11) is 0. The molecule has 0 fully saturated rings. The van der Waals surface area contributed by atoms with Crippen molar-refractivity contribution >= 4 is 24.8 Å². The van der Waals surface area contributed by atoms with Crippen LogP contribution < -0.4 is 0 Å². The maximum atomic E-state index is 9.97. The van der Waals surface area contributed by atoms with E-state index in [1.165, 1.54) is 0 Å². The average Bonchev–Trinajstić information content (AvgIpc) is 2.08. The summed E-state index contributed by atoms with van der Waals surface area (Å²) in [5, 5.41) is 0. The van der Waals surface area contributed by atoms with Crippen LogP contribution in [0.2, 0.25) is 0 Å². The first-order valence-corrected chi connectivity index (χ1v) is 7.32. The SMILES string of the molecule is O=CCCCCCCCOP(O)(O)=S. The maximum Gasteiger partial charge on any atom is 0.321 e. The molecule has 0 heterocycles. The topological polar surface area (TPSA) is 66.8 Å². The molecule has 0 bridgehead atoms. The minimum absolute atomic E-state index is 0.304. The van der Waals surface area contributed by atoms with Gasteiger partial charge < -0.3 is 19.1 Å². The Hall–Kier alpha value is 0.200.